The molecule has 1 aliphatic heterocycles. The van der Waals surface area contributed by atoms with E-state index in [0.717, 1.165) is 11.1 Å². The van der Waals surface area contributed by atoms with E-state index in [0.29, 0.717) is 12.2 Å². The van der Waals surface area contributed by atoms with Crippen LogP contribution in [0.2, 0.25) is 0 Å². The second-order valence-corrected chi connectivity index (χ2v) is 6.18. The molecule has 0 radical (unpaired) electrons. The molecular formula is C19H20N2O3. The van der Waals surface area contributed by atoms with E-state index in [9.17, 15) is 14.7 Å². The van der Waals surface area contributed by atoms with Crippen molar-refractivity contribution < 1.29 is 14.7 Å². The summed E-state index contributed by atoms with van der Waals surface area (Å²) in [5.41, 5.74) is 8.15. The van der Waals surface area contributed by atoms with Crippen LogP contribution >= 0.6 is 0 Å². The Kier molecular flexibility index (Phi) is 4.51. The Morgan fingerprint density at radius 1 is 1.04 bits per heavy atom. The minimum Gasteiger partial charge on any atom is -0.481 e. The lowest BCUT2D eigenvalue weighted by molar-refractivity contribution is -0.141. The highest BCUT2D eigenvalue weighted by molar-refractivity contribution is 5.81. The number of nitrogens with two attached hydrogens (primary N) is 1. The molecule has 0 unspecified atom stereocenters. The number of hydrogen-bond acceptors (Lipinski definition) is 3. The quantitative estimate of drug-likeness (QED) is 0.844. The number of nitrogens with zero attached hydrogens (tertiary/aromatic N) is 1. The molecule has 2 atom stereocenters. The van der Waals surface area contributed by atoms with Crippen LogP contribution in [0.5, 0.6) is 0 Å². The van der Waals surface area contributed by atoms with Gasteiger partial charge >= 0.3 is 5.97 Å². The van der Waals surface area contributed by atoms with Crippen LogP contribution in [-0.2, 0) is 16.0 Å². The number of benzene rings is 2. The van der Waals surface area contributed by atoms with Crippen LogP contribution in [0.15, 0.2) is 54.6 Å². The molecule has 1 saturated heterocycles. The van der Waals surface area contributed by atoms with E-state index in [1.165, 1.54) is 0 Å². The molecule has 0 aromatic heterocycles. The smallest absolute Gasteiger partial charge is 0.308 e. The molecule has 124 valence electrons. The Balaban J connectivity index is 1.74. The third-order valence-electron chi connectivity index (χ3n) is 4.55. The first-order valence-corrected chi connectivity index (χ1v) is 7.94. The third-order valence-corrected chi connectivity index (χ3v) is 4.55. The number of carbonyl (C=O) groups is 2. The number of amides is 1. The number of hydrogen-bond donors (Lipinski definition) is 2. The van der Waals surface area contributed by atoms with Crippen molar-refractivity contribution in [2.24, 2.45) is 5.92 Å². The first kappa shape index (κ1) is 16.1. The van der Waals surface area contributed by atoms with Crippen LogP contribution in [0.3, 0.4) is 0 Å². The second-order valence-electron chi connectivity index (χ2n) is 6.18. The normalized spacial score (nSPS) is 20.1. The van der Waals surface area contributed by atoms with Gasteiger partial charge in [-0.2, -0.15) is 0 Å². The molecule has 1 aliphatic rings. The molecule has 3 N–H and O–H groups in total. The van der Waals surface area contributed by atoms with Crippen molar-refractivity contribution in [3.05, 3.63) is 65.7 Å². The fourth-order valence-electron chi connectivity index (χ4n) is 3.22. The molecule has 0 saturated carbocycles. The van der Waals surface area contributed by atoms with Gasteiger partial charge in [0.05, 0.1) is 12.3 Å². The van der Waals surface area contributed by atoms with Crippen LogP contribution < -0.4 is 5.73 Å². The Bertz CT molecular complexity index is 728. The average Bonchev–Trinajstić information content (AvgIpc) is 3.03. The van der Waals surface area contributed by atoms with Gasteiger partial charge in [-0.15, -0.1) is 0 Å². The van der Waals surface area contributed by atoms with Crippen molar-refractivity contribution in [2.75, 3.05) is 18.8 Å². The zero-order chi connectivity index (χ0) is 17.1. The molecule has 1 fully saturated rings. The van der Waals surface area contributed by atoms with Gasteiger partial charge in [-0.25, -0.2) is 0 Å². The fourth-order valence-corrected chi connectivity index (χ4v) is 3.22. The van der Waals surface area contributed by atoms with Gasteiger partial charge in [-0.3, -0.25) is 9.59 Å². The van der Waals surface area contributed by atoms with Crippen molar-refractivity contribution in [3.8, 4) is 0 Å². The standard InChI is InChI=1S/C19H20N2O3/c20-15-8-6-13(7-9-15)10-18(22)21-11-16(17(12-21)19(23)24)14-4-2-1-3-5-14/h1-9,16-17H,10-12,20H2,(H,23,24)/t16-,17+/m1/s1. The van der Waals surface area contributed by atoms with Gasteiger partial charge in [0.15, 0.2) is 0 Å². The molecule has 5 heteroatoms. The Labute approximate surface area is 140 Å². The van der Waals surface area contributed by atoms with Crippen LogP contribution in [0.4, 0.5) is 5.69 Å². The van der Waals surface area contributed by atoms with Crippen LogP contribution in [-0.4, -0.2) is 35.0 Å². The molecule has 2 aromatic carbocycles. The number of carboxylic acid groups (broad SMARTS) is 1. The Hall–Kier alpha value is -2.82. The summed E-state index contributed by atoms with van der Waals surface area (Å²) in [5.74, 6) is -1.64. The van der Waals surface area contributed by atoms with Gasteiger partial charge in [0.25, 0.3) is 0 Å². The molecule has 0 bridgehead atoms. The lowest BCUT2D eigenvalue weighted by atomic mass is 9.89. The SMILES string of the molecule is Nc1ccc(CC(=O)N2C[C@H](C(=O)O)[C@@H](c3ccccc3)C2)cc1. The first-order valence-electron chi connectivity index (χ1n) is 7.94. The summed E-state index contributed by atoms with van der Waals surface area (Å²) in [7, 11) is 0. The number of likely N-dealkylation sites (tertiary alicyclic amines) is 1. The number of aliphatic carboxylic acids is 1. The summed E-state index contributed by atoms with van der Waals surface area (Å²) in [6.07, 6.45) is 0.258. The van der Waals surface area contributed by atoms with Gasteiger partial charge < -0.3 is 15.7 Å². The predicted molar refractivity (Wildman–Crippen MR) is 91.4 cm³/mol. The van der Waals surface area contributed by atoms with Gasteiger partial charge in [0.2, 0.25) is 5.91 Å². The zero-order valence-electron chi connectivity index (χ0n) is 13.3. The van der Waals surface area contributed by atoms with Crippen molar-refractivity contribution >= 4 is 17.6 Å². The molecule has 0 spiro atoms. The lowest BCUT2D eigenvalue weighted by Crippen LogP contribution is -2.31. The maximum atomic E-state index is 12.5. The number of rotatable bonds is 4. The van der Waals surface area contributed by atoms with Crippen molar-refractivity contribution in [1.82, 2.24) is 4.90 Å². The van der Waals surface area contributed by atoms with Crippen LogP contribution in [0, 0.1) is 5.92 Å². The molecule has 0 aliphatic carbocycles. The van der Waals surface area contributed by atoms with Gasteiger partial charge in [0, 0.05) is 24.7 Å². The number of anilines is 1. The minimum atomic E-state index is -0.855. The second kappa shape index (κ2) is 6.74. The molecule has 3 rings (SSSR count). The largest absolute Gasteiger partial charge is 0.481 e. The number of nitrogen functional groups attached to an aromatic ring is 1. The van der Waals surface area contributed by atoms with E-state index in [4.69, 9.17) is 5.73 Å². The summed E-state index contributed by atoms with van der Waals surface area (Å²) >= 11 is 0. The maximum Gasteiger partial charge on any atom is 0.308 e. The van der Waals surface area contributed by atoms with Crippen molar-refractivity contribution in [1.29, 1.82) is 0 Å². The van der Waals surface area contributed by atoms with Gasteiger partial charge in [-0.1, -0.05) is 42.5 Å². The van der Waals surface area contributed by atoms with E-state index in [2.05, 4.69) is 0 Å². The summed E-state index contributed by atoms with van der Waals surface area (Å²) < 4.78 is 0. The molecule has 5 nitrogen and oxygen atoms in total. The van der Waals surface area contributed by atoms with Gasteiger partial charge in [-0.05, 0) is 23.3 Å². The van der Waals surface area contributed by atoms with Gasteiger partial charge in [0.1, 0.15) is 0 Å². The highest BCUT2D eigenvalue weighted by atomic mass is 16.4. The average molecular weight is 324 g/mol. The summed E-state index contributed by atoms with van der Waals surface area (Å²) in [6, 6.07) is 16.7. The highest BCUT2D eigenvalue weighted by Gasteiger charge is 2.40. The van der Waals surface area contributed by atoms with Crippen molar-refractivity contribution in [2.45, 2.75) is 12.3 Å². The molecule has 2 aromatic rings. The number of carbonyl (C=O) groups excluding carboxylic acids is 1. The third kappa shape index (κ3) is 3.40. The first-order chi connectivity index (χ1) is 11.5. The summed E-state index contributed by atoms with van der Waals surface area (Å²) in [5, 5.41) is 9.51. The highest BCUT2D eigenvalue weighted by Crippen LogP contribution is 2.33. The van der Waals surface area contributed by atoms with E-state index in [1.54, 1.807) is 17.0 Å². The van der Waals surface area contributed by atoms with E-state index in [-0.39, 0.29) is 24.8 Å². The minimum absolute atomic E-state index is 0.0514. The maximum absolute atomic E-state index is 12.5. The van der Waals surface area contributed by atoms with Crippen molar-refractivity contribution in [3.63, 3.8) is 0 Å². The lowest BCUT2D eigenvalue weighted by Gasteiger charge is -2.16. The van der Waals surface area contributed by atoms with Crippen LogP contribution in [0.1, 0.15) is 17.0 Å². The topological polar surface area (TPSA) is 83.6 Å². The molecular weight excluding hydrogens is 304 g/mol. The van der Waals surface area contributed by atoms with E-state index < -0.39 is 11.9 Å². The predicted octanol–water partition coefficient (Wildman–Crippen LogP) is 2.14. The van der Waals surface area contributed by atoms with Crippen LogP contribution in [0.25, 0.3) is 0 Å². The van der Waals surface area contributed by atoms with E-state index in [1.807, 2.05) is 42.5 Å². The molecule has 24 heavy (non-hydrogen) atoms. The Morgan fingerprint density at radius 3 is 2.33 bits per heavy atom. The molecule has 1 heterocycles. The van der Waals surface area contributed by atoms with E-state index >= 15 is 0 Å². The summed E-state index contributed by atoms with van der Waals surface area (Å²) in [6.45, 7) is 0.692. The summed E-state index contributed by atoms with van der Waals surface area (Å²) in [4.78, 5) is 25.8. The Morgan fingerprint density at radius 2 is 1.71 bits per heavy atom. The zero-order valence-corrected chi connectivity index (χ0v) is 13.3. The monoisotopic (exact) mass is 324 g/mol. The molecule has 1 amide bonds. The fraction of sp³-hybridized carbons (Fsp3) is 0.263. The number of carboxylic acids is 1.